The van der Waals surface area contributed by atoms with E-state index in [4.69, 9.17) is 4.98 Å². The van der Waals surface area contributed by atoms with Gasteiger partial charge in [-0.05, 0) is 63.7 Å². The van der Waals surface area contributed by atoms with Crippen molar-refractivity contribution in [3.8, 4) is 10.4 Å². The van der Waals surface area contributed by atoms with Crippen LogP contribution in [0.4, 0.5) is 5.82 Å². The highest BCUT2D eigenvalue weighted by Crippen LogP contribution is 2.36. The van der Waals surface area contributed by atoms with Gasteiger partial charge in [0.05, 0.1) is 29.4 Å². The molecule has 5 rings (SSSR count). The number of hydrogen-bond donors (Lipinski definition) is 1. The molecule has 2 atom stereocenters. The van der Waals surface area contributed by atoms with Gasteiger partial charge in [-0.1, -0.05) is 24.3 Å². The van der Waals surface area contributed by atoms with Crippen molar-refractivity contribution >= 4 is 34.0 Å². The summed E-state index contributed by atoms with van der Waals surface area (Å²) in [5, 5.41) is 4.52. The van der Waals surface area contributed by atoms with Gasteiger partial charge in [0, 0.05) is 35.3 Å². The molecule has 1 aromatic carbocycles. The van der Waals surface area contributed by atoms with E-state index in [1.807, 2.05) is 20.0 Å². The summed E-state index contributed by atoms with van der Waals surface area (Å²) in [7, 11) is 6.04. The van der Waals surface area contributed by atoms with Crippen LogP contribution in [-0.4, -0.2) is 58.3 Å². The van der Waals surface area contributed by atoms with Gasteiger partial charge in [-0.3, -0.25) is 9.78 Å². The van der Waals surface area contributed by atoms with Crippen molar-refractivity contribution in [2.75, 3.05) is 33.0 Å². The minimum absolute atomic E-state index is 0.0538. The molecule has 7 nitrogen and oxygen atoms in total. The van der Waals surface area contributed by atoms with Crippen LogP contribution in [0.15, 0.2) is 48.7 Å². The van der Waals surface area contributed by atoms with E-state index < -0.39 is 0 Å². The molecule has 186 valence electrons. The maximum Gasteiger partial charge on any atom is 0.231 e. The molecule has 0 bridgehead atoms. The Morgan fingerprint density at radius 3 is 2.75 bits per heavy atom. The summed E-state index contributed by atoms with van der Waals surface area (Å²) in [5.74, 6) is 1.38. The lowest BCUT2D eigenvalue weighted by Crippen LogP contribution is -2.22. The molecule has 1 saturated heterocycles. The fourth-order valence-corrected chi connectivity index (χ4v) is 5.88. The maximum absolute atomic E-state index is 12.6. The zero-order chi connectivity index (χ0) is 25.4. The summed E-state index contributed by atoms with van der Waals surface area (Å²) >= 11 is 1.80. The van der Waals surface area contributed by atoms with Gasteiger partial charge in [0.25, 0.3) is 0 Å². The van der Waals surface area contributed by atoms with E-state index in [0.717, 1.165) is 41.9 Å². The van der Waals surface area contributed by atoms with Crippen molar-refractivity contribution < 1.29 is 4.79 Å². The molecule has 4 aromatic rings. The molecule has 1 fully saturated rings. The number of fused-ring (bicyclic) bond motifs is 1. The van der Waals surface area contributed by atoms with Crippen LogP contribution in [-0.2, 0) is 11.3 Å². The first kappa shape index (κ1) is 24.3. The average molecular weight is 501 g/mol. The summed E-state index contributed by atoms with van der Waals surface area (Å²) in [6.07, 6.45) is 2.55. The fraction of sp³-hybridized carbons (Fsp3) is 0.357. The third kappa shape index (κ3) is 4.83. The van der Waals surface area contributed by atoms with Gasteiger partial charge in [0.15, 0.2) is 0 Å². The van der Waals surface area contributed by atoms with Crippen LogP contribution in [0.1, 0.15) is 47.3 Å². The van der Waals surface area contributed by atoms with E-state index >= 15 is 0 Å². The molecule has 1 aliphatic rings. The Morgan fingerprint density at radius 2 is 2.00 bits per heavy atom. The normalized spacial score (nSPS) is 16.8. The summed E-state index contributed by atoms with van der Waals surface area (Å²) in [5.41, 5.74) is 4.17. The van der Waals surface area contributed by atoms with Crippen molar-refractivity contribution in [1.29, 1.82) is 0 Å². The Balaban J connectivity index is 1.44. The second-order valence-electron chi connectivity index (χ2n) is 9.81. The van der Waals surface area contributed by atoms with Crippen molar-refractivity contribution in [3.05, 3.63) is 70.6 Å². The van der Waals surface area contributed by atoms with Gasteiger partial charge in [-0.2, -0.15) is 0 Å². The lowest BCUT2D eigenvalue weighted by atomic mass is 10.0. The number of aromatic nitrogens is 3. The Bertz CT molecular complexity index is 1410. The highest BCUT2D eigenvalue weighted by molar-refractivity contribution is 7.15. The molecular weight excluding hydrogens is 468 g/mol. The standard InChI is InChI=1S/C28H32N6OS/c1-17(25-10-11-26(36-25)20-9-7-6-8-19(20)16-33(3)4)30-27-22-14-23(21-12-13-34(5)28(21)35)29-15-24(22)31-18(2)32-27/h6-11,14-15,17,21H,12-13,16H2,1-5H3,(H,30,31,32). The summed E-state index contributed by atoms with van der Waals surface area (Å²) in [4.78, 5) is 33.0. The van der Waals surface area contributed by atoms with Crippen LogP contribution in [0.25, 0.3) is 21.3 Å². The van der Waals surface area contributed by atoms with Crippen molar-refractivity contribution in [2.24, 2.45) is 0 Å². The van der Waals surface area contributed by atoms with E-state index in [1.165, 1.54) is 20.9 Å². The van der Waals surface area contributed by atoms with Crippen LogP contribution < -0.4 is 5.32 Å². The highest BCUT2D eigenvalue weighted by Gasteiger charge is 2.31. The van der Waals surface area contributed by atoms with E-state index in [2.05, 4.69) is 77.6 Å². The first-order valence-corrected chi connectivity index (χ1v) is 13.1. The summed E-state index contributed by atoms with van der Waals surface area (Å²) < 4.78 is 0. The number of amides is 1. The monoisotopic (exact) mass is 500 g/mol. The number of nitrogens with one attached hydrogen (secondary N) is 1. The number of hydrogen-bond acceptors (Lipinski definition) is 7. The largest absolute Gasteiger partial charge is 0.362 e. The van der Waals surface area contributed by atoms with Gasteiger partial charge in [-0.25, -0.2) is 9.97 Å². The van der Waals surface area contributed by atoms with Gasteiger partial charge < -0.3 is 15.1 Å². The third-order valence-corrected chi connectivity index (χ3v) is 7.98. The molecule has 1 aliphatic heterocycles. The summed E-state index contributed by atoms with van der Waals surface area (Å²) in [6.45, 7) is 5.71. The second kappa shape index (κ2) is 9.95. The fourth-order valence-electron chi connectivity index (χ4n) is 4.81. The molecular formula is C28H32N6OS. The van der Waals surface area contributed by atoms with Crippen LogP contribution in [0.3, 0.4) is 0 Å². The average Bonchev–Trinajstić information content (AvgIpc) is 3.46. The van der Waals surface area contributed by atoms with E-state index in [-0.39, 0.29) is 17.9 Å². The van der Waals surface area contributed by atoms with Gasteiger partial charge in [0.2, 0.25) is 5.91 Å². The van der Waals surface area contributed by atoms with Crippen LogP contribution >= 0.6 is 11.3 Å². The zero-order valence-electron chi connectivity index (χ0n) is 21.4. The zero-order valence-corrected chi connectivity index (χ0v) is 22.3. The van der Waals surface area contributed by atoms with Gasteiger partial charge in [-0.15, -0.1) is 11.3 Å². The Kier molecular flexibility index (Phi) is 6.73. The predicted octanol–water partition coefficient (Wildman–Crippen LogP) is 5.24. The molecule has 0 spiro atoms. The molecule has 8 heteroatoms. The molecule has 0 aliphatic carbocycles. The Labute approximate surface area is 216 Å². The first-order valence-electron chi connectivity index (χ1n) is 12.3. The number of anilines is 1. The van der Waals surface area contributed by atoms with Crippen LogP contribution in [0.2, 0.25) is 0 Å². The van der Waals surface area contributed by atoms with Gasteiger partial charge >= 0.3 is 0 Å². The van der Waals surface area contributed by atoms with Crippen molar-refractivity contribution in [2.45, 2.75) is 38.8 Å². The highest BCUT2D eigenvalue weighted by atomic mass is 32.1. The van der Waals surface area contributed by atoms with Gasteiger partial charge in [0.1, 0.15) is 11.6 Å². The lowest BCUT2D eigenvalue weighted by molar-refractivity contribution is -0.127. The first-order chi connectivity index (χ1) is 17.3. The van der Waals surface area contributed by atoms with Crippen LogP contribution in [0, 0.1) is 6.92 Å². The topological polar surface area (TPSA) is 74.2 Å². The smallest absolute Gasteiger partial charge is 0.231 e. The molecule has 0 radical (unpaired) electrons. The number of thiophene rings is 1. The number of rotatable bonds is 7. The summed E-state index contributed by atoms with van der Waals surface area (Å²) in [6, 6.07) is 15.0. The molecule has 2 unspecified atom stereocenters. The molecule has 3 aromatic heterocycles. The minimum Gasteiger partial charge on any atom is -0.362 e. The van der Waals surface area contributed by atoms with Crippen molar-refractivity contribution in [3.63, 3.8) is 0 Å². The molecule has 0 saturated carbocycles. The third-order valence-electron chi connectivity index (χ3n) is 6.68. The SMILES string of the molecule is Cc1nc(NC(C)c2ccc(-c3ccccc3CN(C)C)s2)c2cc(C3CCN(C)C3=O)ncc2n1. The number of likely N-dealkylation sites (tertiary alicyclic amines) is 1. The van der Waals surface area contributed by atoms with E-state index in [9.17, 15) is 4.79 Å². The number of carbonyl (C=O) groups excluding carboxylic acids is 1. The number of benzene rings is 1. The van der Waals surface area contributed by atoms with E-state index in [0.29, 0.717) is 5.82 Å². The number of likely N-dealkylation sites (N-methyl/N-ethyl adjacent to an activating group) is 1. The molecule has 36 heavy (non-hydrogen) atoms. The molecule has 1 amide bonds. The molecule has 4 heterocycles. The number of nitrogens with zero attached hydrogens (tertiary/aromatic N) is 5. The van der Waals surface area contributed by atoms with Crippen molar-refractivity contribution in [1.82, 2.24) is 24.8 Å². The number of carbonyl (C=O) groups is 1. The number of pyridine rings is 1. The van der Waals surface area contributed by atoms with E-state index in [1.54, 1.807) is 22.4 Å². The lowest BCUT2D eigenvalue weighted by Gasteiger charge is -2.16. The number of aryl methyl sites for hydroxylation is 1. The Morgan fingerprint density at radius 1 is 1.19 bits per heavy atom. The minimum atomic E-state index is -0.201. The predicted molar refractivity (Wildman–Crippen MR) is 146 cm³/mol. The quantitative estimate of drug-likeness (QED) is 0.374. The second-order valence-corrected chi connectivity index (χ2v) is 10.9. The Hall–Kier alpha value is -3.36. The molecule has 1 N–H and O–H groups in total. The van der Waals surface area contributed by atoms with Crippen LogP contribution in [0.5, 0.6) is 0 Å². The maximum atomic E-state index is 12.6.